The lowest BCUT2D eigenvalue weighted by Crippen LogP contribution is -2.30. The normalized spacial score (nSPS) is 15.8. The van der Waals surface area contributed by atoms with Gasteiger partial charge in [-0.15, -0.1) is 0 Å². The van der Waals surface area contributed by atoms with Crippen LogP contribution in [-0.4, -0.2) is 46.1 Å². The first-order chi connectivity index (χ1) is 9.54. The van der Waals surface area contributed by atoms with Crippen LogP contribution in [0.2, 0.25) is 0 Å². The first-order valence-electron chi connectivity index (χ1n) is 6.81. The van der Waals surface area contributed by atoms with Gasteiger partial charge in [-0.1, -0.05) is 12.1 Å². The molecular weight excluding hydrogens is 276 g/mol. The lowest BCUT2D eigenvalue weighted by molar-refractivity contribution is 0.185. The van der Waals surface area contributed by atoms with Gasteiger partial charge in [0.15, 0.2) is 0 Å². The highest BCUT2D eigenvalue weighted by Crippen LogP contribution is 2.20. The van der Waals surface area contributed by atoms with E-state index in [0.717, 1.165) is 12.1 Å². The van der Waals surface area contributed by atoms with Crippen LogP contribution >= 0.6 is 0 Å². The van der Waals surface area contributed by atoms with Crippen molar-refractivity contribution >= 4 is 10.0 Å². The summed E-state index contributed by atoms with van der Waals surface area (Å²) in [6.45, 7) is 1.54. The monoisotopic (exact) mass is 298 g/mol. The Hall–Kier alpha value is -0.950. The molecule has 0 radical (unpaired) electrons. The second-order valence-corrected chi connectivity index (χ2v) is 7.16. The molecule has 0 unspecified atom stereocenters. The summed E-state index contributed by atoms with van der Waals surface area (Å²) in [5.74, 6) is 0. The van der Waals surface area contributed by atoms with E-state index in [-0.39, 0.29) is 0 Å². The first kappa shape index (κ1) is 15.4. The van der Waals surface area contributed by atoms with E-state index in [1.807, 2.05) is 12.1 Å². The van der Waals surface area contributed by atoms with E-state index in [0.29, 0.717) is 24.1 Å². The molecule has 1 fully saturated rings. The maximum atomic E-state index is 12.3. The summed E-state index contributed by atoms with van der Waals surface area (Å²) in [5.41, 5.74) is 1.11. The molecule has 1 aromatic carbocycles. The number of nitrogens with zero attached hydrogens (tertiary/aromatic N) is 1. The molecule has 0 spiro atoms. The number of likely N-dealkylation sites (N-methyl/N-ethyl adjacent to an activating group) is 1. The molecule has 20 heavy (non-hydrogen) atoms. The van der Waals surface area contributed by atoms with Crippen LogP contribution in [0.15, 0.2) is 29.2 Å². The Morgan fingerprint density at radius 3 is 2.50 bits per heavy atom. The molecule has 0 heterocycles. The van der Waals surface area contributed by atoms with Crippen molar-refractivity contribution in [3.05, 3.63) is 29.8 Å². The molecule has 2 rings (SSSR count). The second kappa shape index (κ2) is 6.67. The van der Waals surface area contributed by atoms with Crippen molar-refractivity contribution in [1.29, 1.82) is 0 Å². The molecule has 1 aliphatic carbocycles. The molecular formula is C14H22N2O3S. The predicted molar refractivity (Wildman–Crippen MR) is 78.0 cm³/mol. The van der Waals surface area contributed by atoms with Crippen LogP contribution in [0.5, 0.6) is 0 Å². The van der Waals surface area contributed by atoms with Gasteiger partial charge in [0, 0.05) is 33.3 Å². The number of rotatable bonds is 8. The number of ether oxygens (including phenoxy) is 1. The quantitative estimate of drug-likeness (QED) is 0.783. The SMILES string of the molecule is COCCN(C)S(=O)(=O)c1ccc(CNC2CC2)cc1. The van der Waals surface area contributed by atoms with Gasteiger partial charge >= 0.3 is 0 Å². The average Bonchev–Trinajstić information content (AvgIpc) is 3.27. The van der Waals surface area contributed by atoms with Crippen LogP contribution < -0.4 is 5.32 Å². The van der Waals surface area contributed by atoms with Crippen molar-refractivity contribution in [3.63, 3.8) is 0 Å². The molecule has 0 aromatic heterocycles. The second-order valence-electron chi connectivity index (χ2n) is 5.12. The number of nitrogens with one attached hydrogen (secondary N) is 1. The smallest absolute Gasteiger partial charge is 0.242 e. The summed E-state index contributed by atoms with van der Waals surface area (Å²) in [5, 5.41) is 3.41. The molecule has 0 saturated heterocycles. The maximum Gasteiger partial charge on any atom is 0.242 e. The van der Waals surface area contributed by atoms with Crippen molar-refractivity contribution in [2.75, 3.05) is 27.3 Å². The lowest BCUT2D eigenvalue weighted by atomic mass is 10.2. The van der Waals surface area contributed by atoms with Gasteiger partial charge in [-0.3, -0.25) is 0 Å². The summed E-state index contributed by atoms with van der Waals surface area (Å²) in [4.78, 5) is 0.325. The third kappa shape index (κ3) is 4.02. The zero-order valence-electron chi connectivity index (χ0n) is 12.0. The minimum atomic E-state index is -3.41. The molecule has 0 atom stereocenters. The highest BCUT2D eigenvalue weighted by atomic mass is 32.2. The minimum Gasteiger partial charge on any atom is -0.383 e. The van der Waals surface area contributed by atoms with Crippen LogP contribution in [0.25, 0.3) is 0 Å². The number of hydrogen-bond donors (Lipinski definition) is 1. The van der Waals surface area contributed by atoms with E-state index in [9.17, 15) is 8.42 Å². The molecule has 1 saturated carbocycles. The molecule has 1 N–H and O–H groups in total. The van der Waals surface area contributed by atoms with Crippen LogP contribution in [0.1, 0.15) is 18.4 Å². The number of hydrogen-bond acceptors (Lipinski definition) is 4. The van der Waals surface area contributed by atoms with Crippen LogP contribution in [0.3, 0.4) is 0 Å². The Bertz CT molecular complexity index is 524. The number of methoxy groups -OCH3 is 1. The van der Waals surface area contributed by atoms with E-state index in [2.05, 4.69) is 5.32 Å². The first-order valence-corrected chi connectivity index (χ1v) is 8.25. The van der Waals surface area contributed by atoms with Gasteiger partial charge in [0.25, 0.3) is 0 Å². The summed E-state index contributed by atoms with van der Waals surface area (Å²) in [6.07, 6.45) is 2.49. The molecule has 0 amide bonds. The van der Waals surface area contributed by atoms with E-state index in [1.165, 1.54) is 17.1 Å². The standard InChI is InChI=1S/C14H22N2O3S/c1-16(9-10-19-2)20(17,18)14-7-3-12(4-8-14)11-15-13-5-6-13/h3-4,7-8,13,15H,5-6,9-11H2,1-2H3. The van der Waals surface area contributed by atoms with E-state index in [4.69, 9.17) is 4.74 Å². The number of sulfonamides is 1. The van der Waals surface area contributed by atoms with Crippen molar-refractivity contribution in [2.24, 2.45) is 0 Å². The third-order valence-corrected chi connectivity index (χ3v) is 5.29. The van der Waals surface area contributed by atoms with E-state index < -0.39 is 10.0 Å². The van der Waals surface area contributed by atoms with Gasteiger partial charge in [0.1, 0.15) is 0 Å². The molecule has 0 aliphatic heterocycles. The van der Waals surface area contributed by atoms with E-state index >= 15 is 0 Å². The lowest BCUT2D eigenvalue weighted by Gasteiger charge is -2.16. The summed E-state index contributed by atoms with van der Waals surface area (Å²) >= 11 is 0. The maximum absolute atomic E-state index is 12.3. The van der Waals surface area contributed by atoms with Crippen LogP contribution in [0, 0.1) is 0 Å². The third-order valence-electron chi connectivity index (χ3n) is 3.41. The van der Waals surface area contributed by atoms with Gasteiger partial charge in [-0.2, -0.15) is 4.31 Å². The Balaban J connectivity index is 1.99. The van der Waals surface area contributed by atoms with Crippen LogP contribution in [-0.2, 0) is 21.3 Å². The fraction of sp³-hybridized carbons (Fsp3) is 0.571. The largest absolute Gasteiger partial charge is 0.383 e. The molecule has 6 heteroatoms. The van der Waals surface area contributed by atoms with Crippen LogP contribution in [0.4, 0.5) is 0 Å². The summed E-state index contributed by atoms with van der Waals surface area (Å²) < 4.78 is 30.8. The Kier molecular flexibility index (Phi) is 5.15. The highest BCUT2D eigenvalue weighted by Gasteiger charge is 2.21. The molecule has 112 valence electrons. The van der Waals surface area contributed by atoms with Crippen molar-refractivity contribution in [2.45, 2.75) is 30.3 Å². The zero-order chi connectivity index (χ0) is 14.6. The number of benzene rings is 1. The fourth-order valence-corrected chi connectivity index (χ4v) is 3.00. The van der Waals surface area contributed by atoms with E-state index in [1.54, 1.807) is 26.3 Å². The van der Waals surface area contributed by atoms with Gasteiger partial charge in [-0.25, -0.2) is 8.42 Å². The molecule has 1 aliphatic rings. The highest BCUT2D eigenvalue weighted by molar-refractivity contribution is 7.89. The Morgan fingerprint density at radius 1 is 1.30 bits per heavy atom. The van der Waals surface area contributed by atoms with Gasteiger partial charge < -0.3 is 10.1 Å². The van der Waals surface area contributed by atoms with Gasteiger partial charge in [-0.05, 0) is 30.5 Å². The minimum absolute atomic E-state index is 0.325. The topological polar surface area (TPSA) is 58.6 Å². The van der Waals surface area contributed by atoms with Gasteiger partial charge in [0.05, 0.1) is 11.5 Å². The average molecular weight is 298 g/mol. The zero-order valence-corrected chi connectivity index (χ0v) is 12.8. The Morgan fingerprint density at radius 2 is 1.95 bits per heavy atom. The van der Waals surface area contributed by atoms with Crippen molar-refractivity contribution in [3.8, 4) is 0 Å². The van der Waals surface area contributed by atoms with Crippen molar-refractivity contribution in [1.82, 2.24) is 9.62 Å². The van der Waals surface area contributed by atoms with Crippen molar-refractivity contribution < 1.29 is 13.2 Å². The molecule has 0 bridgehead atoms. The Labute approximate surface area is 121 Å². The molecule has 5 nitrogen and oxygen atoms in total. The van der Waals surface area contributed by atoms with Gasteiger partial charge in [0.2, 0.25) is 10.0 Å². The molecule has 1 aromatic rings. The fourth-order valence-electron chi connectivity index (χ4n) is 1.85. The predicted octanol–water partition coefficient (Wildman–Crippen LogP) is 1.21. The summed E-state index contributed by atoms with van der Waals surface area (Å²) in [6, 6.07) is 7.72. The summed E-state index contributed by atoms with van der Waals surface area (Å²) in [7, 11) is -0.290.